The minimum absolute atomic E-state index is 0.0170. The predicted octanol–water partition coefficient (Wildman–Crippen LogP) is -1.35. The maximum absolute atomic E-state index is 8.78. The summed E-state index contributed by atoms with van der Waals surface area (Å²) in [6.07, 6.45) is 0. The van der Waals surface area contributed by atoms with Crippen LogP contribution in [0.3, 0.4) is 0 Å². The second-order valence-electron chi connectivity index (χ2n) is 2.36. The van der Waals surface area contributed by atoms with Gasteiger partial charge in [-0.3, -0.25) is 0 Å². The summed E-state index contributed by atoms with van der Waals surface area (Å²) < 4.78 is 19.2. The number of aliphatic hydroxyl groups excluding tert-OH is 1. The predicted molar refractivity (Wildman–Crippen MR) is 49.7 cm³/mol. The molecular weight excluding hydrogens is 191 g/mol. The van der Waals surface area contributed by atoms with Crippen LogP contribution >= 0.6 is 0 Å². The van der Waals surface area contributed by atoms with E-state index in [1.54, 1.807) is 0 Å². The van der Waals surface area contributed by atoms with Crippen LogP contribution in [0.15, 0.2) is 0 Å². The van der Waals surface area contributed by atoms with Crippen molar-refractivity contribution in [3.63, 3.8) is 0 Å². The van der Waals surface area contributed by atoms with Gasteiger partial charge in [-0.25, -0.2) is 0 Å². The van der Waals surface area contributed by atoms with Gasteiger partial charge in [0.2, 0.25) is 0 Å². The highest BCUT2D eigenvalue weighted by Crippen LogP contribution is 1.83. The Hall–Kier alpha value is -0.175. The maximum Gasteiger partial charge on any atom is 0.636 e. The van der Waals surface area contributed by atoms with Gasteiger partial charge >= 0.3 is 7.32 Å². The minimum atomic E-state index is -1.19. The summed E-state index contributed by atoms with van der Waals surface area (Å²) in [5.74, 6) is 0. The summed E-state index contributed by atoms with van der Waals surface area (Å²) in [5, 5.41) is 17.1. The second kappa shape index (κ2) is 10.9. The average Bonchev–Trinajstić information content (AvgIpc) is 2.21. The van der Waals surface area contributed by atoms with Crippen molar-refractivity contribution >= 4 is 7.32 Å². The first-order chi connectivity index (χ1) is 6.81. The molecule has 0 fully saturated rings. The van der Waals surface area contributed by atoms with E-state index < -0.39 is 7.32 Å². The van der Waals surface area contributed by atoms with Crippen LogP contribution in [-0.4, -0.2) is 64.2 Å². The van der Waals surface area contributed by atoms with E-state index in [-0.39, 0.29) is 13.2 Å². The molecular formula is C7H17BO6. The van der Waals surface area contributed by atoms with Crippen molar-refractivity contribution < 1.29 is 28.9 Å². The third kappa shape index (κ3) is 9.91. The Kier molecular flexibility index (Phi) is 10.8. The van der Waals surface area contributed by atoms with Crippen LogP contribution in [0.4, 0.5) is 0 Å². The monoisotopic (exact) mass is 208 g/mol. The summed E-state index contributed by atoms with van der Waals surface area (Å²) in [4.78, 5) is 0. The Balaban J connectivity index is 2.92. The number of aliphatic hydroxyl groups is 1. The SMILES string of the molecule is COB(O)OCCOCCOCCO. The summed E-state index contributed by atoms with van der Waals surface area (Å²) in [7, 11) is 0.151. The molecule has 0 aliphatic heterocycles. The van der Waals surface area contributed by atoms with Crippen LogP contribution in [0.25, 0.3) is 0 Å². The van der Waals surface area contributed by atoms with Crippen molar-refractivity contribution in [2.75, 3.05) is 46.8 Å². The smallest absolute Gasteiger partial charge is 0.402 e. The Morgan fingerprint density at radius 2 is 1.57 bits per heavy atom. The van der Waals surface area contributed by atoms with Crippen molar-refractivity contribution in [3.8, 4) is 0 Å². The lowest BCUT2D eigenvalue weighted by molar-refractivity contribution is 0.0187. The molecule has 0 heterocycles. The fraction of sp³-hybridized carbons (Fsp3) is 1.00. The van der Waals surface area contributed by atoms with E-state index in [1.807, 2.05) is 0 Å². The molecule has 2 N–H and O–H groups in total. The molecule has 0 amide bonds. The topological polar surface area (TPSA) is 77.4 Å². The third-order valence-electron chi connectivity index (χ3n) is 1.30. The Morgan fingerprint density at radius 3 is 2.14 bits per heavy atom. The molecule has 0 rings (SSSR count). The van der Waals surface area contributed by atoms with Gasteiger partial charge < -0.3 is 28.9 Å². The van der Waals surface area contributed by atoms with E-state index in [4.69, 9.17) is 24.3 Å². The minimum Gasteiger partial charge on any atom is -0.402 e. The van der Waals surface area contributed by atoms with Crippen LogP contribution in [0, 0.1) is 0 Å². The van der Waals surface area contributed by atoms with Gasteiger partial charge in [0.1, 0.15) is 0 Å². The highest BCUT2D eigenvalue weighted by atomic mass is 16.7. The van der Waals surface area contributed by atoms with E-state index in [0.29, 0.717) is 26.4 Å². The van der Waals surface area contributed by atoms with Gasteiger partial charge in [0.15, 0.2) is 0 Å². The summed E-state index contributed by atoms with van der Waals surface area (Å²) in [6, 6.07) is 0. The largest absolute Gasteiger partial charge is 0.636 e. The number of ether oxygens (including phenoxy) is 2. The van der Waals surface area contributed by atoms with Gasteiger partial charge in [-0.15, -0.1) is 0 Å². The van der Waals surface area contributed by atoms with Crippen LogP contribution < -0.4 is 0 Å². The summed E-state index contributed by atoms with van der Waals surface area (Å²) in [5.41, 5.74) is 0. The maximum atomic E-state index is 8.78. The molecule has 0 aromatic carbocycles. The quantitative estimate of drug-likeness (QED) is 0.341. The normalized spacial score (nSPS) is 10.5. The van der Waals surface area contributed by atoms with Crippen molar-refractivity contribution in [2.24, 2.45) is 0 Å². The molecule has 84 valence electrons. The summed E-state index contributed by atoms with van der Waals surface area (Å²) >= 11 is 0. The van der Waals surface area contributed by atoms with Crippen molar-refractivity contribution in [2.45, 2.75) is 0 Å². The number of hydrogen-bond donors (Lipinski definition) is 2. The van der Waals surface area contributed by atoms with Gasteiger partial charge in [0.25, 0.3) is 0 Å². The van der Waals surface area contributed by atoms with Gasteiger partial charge in [0.05, 0.1) is 39.6 Å². The lowest BCUT2D eigenvalue weighted by Gasteiger charge is -2.06. The van der Waals surface area contributed by atoms with Crippen LogP contribution in [0.1, 0.15) is 0 Å². The van der Waals surface area contributed by atoms with Gasteiger partial charge in [-0.1, -0.05) is 0 Å². The Morgan fingerprint density at radius 1 is 1.00 bits per heavy atom. The van der Waals surface area contributed by atoms with E-state index in [0.717, 1.165) is 0 Å². The van der Waals surface area contributed by atoms with Gasteiger partial charge in [0, 0.05) is 7.11 Å². The molecule has 0 aliphatic rings. The second-order valence-corrected chi connectivity index (χ2v) is 2.36. The first kappa shape index (κ1) is 13.8. The molecule has 6 nitrogen and oxygen atoms in total. The molecule has 0 unspecified atom stereocenters. The van der Waals surface area contributed by atoms with E-state index >= 15 is 0 Å². The first-order valence-corrected chi connectivity index (χ1v) is 4.40. The van der Waals surface area contributed by atoms with Crippen LogP contribution in [0.2, 0.25) is 0 Å². The summed E-state index contributed by atoms with van der Waals surface area (Å²) in [6.45, 7) is 1.84. The van der Waals surface area contributed by atoms with Crippen molar-refractivity contribution in [3.05, 3.63) is 0 Å². The molecule has 0 aromatic heterocycles. The average molecular weight is 208 g/mol. The molecule has 7 heteroatoms. The molecule has 0 aromatic rings. The Bertz CT molecular complexity index is 114. The highest BCUT2D eigenvalue weighted by molar-refractivity contribution is 6.34. The molecule has 0 saturated heterocycles. The van der Waals surface area contributed by atoms with Crippen LogP contribution in [-0.2, 0) is 18.8 Å². The Labute approximate surface area is 83.9 Å². The molecule has 0 bridgehead atoms. The third-order valence-corrected chi connectivity index (χ3v) is 1.30. The van der Waals surface area contributed by atoms with E-state index in [2.05, 4.69) is 4.65 Å². The zero-order valence-corrected chi connectivity index (χ0v) is 8.35. The fourth-order valence-corrected chi connectivity index (χ4v) is 0.662. The van der Waals surface area contributed by atoms with E-state index in [1.165, 1.54) is 7.11 Å². The first-order valence-electron chi connectivity index (χ1n) is 4.40. The molecule has 0 atom stereocenters. The number of hydrogen-bond acceptors (Lipinski definition) is 6. The molecule has 0 aliphatic carbocycles. The molecule has 0 radical (unpaired) electrons. The van der Waals surface area contributed by atoms with Crippen molar-refractivity contribution in [1.82, 2.24) is 0 Å². The standard InChI is InChI=1S/C7H17BO6/c1-11-8(10)14-7-6-13-5-4-12-3-2-9/h9-10H,2-7H2,1H3. The number of rotatable bonds is 10. The zero-order valence-electron chi connectivity index (χ0n) is 8.35. The molecule has 0 saturated carbocycles. The van der Waals surface area contributed by atoms with Gasteiger partial charge in [-0.05, 0) is 0 Å². The molecule has 0 spiro atoms. The lowest BCUT2D eigenvalue weighted by atomic mass is 10.2. The van der Waals surface area contributed by atoms with Crippen LogP contribution in [0.5, 0.6) is 0 Å². The zero-order chi connectivity index (χ0) is 10.6. The fourth-order valence-electron chi connectivity index (χ4n) is 0.662. The lowest BCUT2D eigenvalue weighted by Crippen LogP contribution is -2.23. The van der Waals surface area contributed by atoms with E-state index in [9.17, 15) is 0 Å². The van der Waals surface area contributed by atoms with Gasteiger partial charge in [-0.2, -0.15) is 0 Å². The molecule has 14 heavy (non-hydrogen) atoms. The highest BCUT2D eigenvalue weighted by Gasteiger charge is 2.11. The van der Waals surface area contributed by atoms with Crippen molar-refractivity contribution in [1.29, 1.82) is 0 Å².